The summed E-state index contributed by atoms with van der Waals surface area (Å²) in [5.74, 6) is -0.193. The minimum atomic E-state index is -0.524. The Balaban J connectivity index is 2.26. The van der Waals surface area contributed by atoms with Crippen LogP contribution in [0.1, 0.15) is 38.1 Å². The summed E-state index contributed by atoms with van der Waals surface area (Å²) in [6.07, 6.45) is 5.77. The first kappa shape index (κ1) is 12.5. The number of aromatic nitrogens is 2. The van der Waals surface area contributed by atoms with Crippen LogP contribution in [0, 0.1) is 10.1 Å². The molecule has 0 radical (unpaired) electrons. The maximum atomic E-state index is 10.7. The van der Waals surface area contributed by atoms with Gasteiger partial charge in [0.15, 0.2) is 0 Å². The molecular formula is C10H14BrN3O3. The second kappa shape index (κ2) is 5.14. The first-order valence-corrected chi connectivity index (χ1v) is 6.46. The summed E-state index contributed by atoms with van der Waals surface area (Å²) in [6.45, 7) is 0. The summed E-state index contributed by atoms with van der Waals surface area (Å²) < 4.78 is 1.89. The summed E-state index contributed by atoms with van der Waals surface area (Å²) >= 11 is 3.12. The Morgan fingerprint density at radius 1 is 1.47 bits per heavy atom. The van der Waals surface area contributed by atoms with Gasteiger partial charge in [-0.2, -0.15) is 4.68 Å². The first-order valence-electron chi connectivity index (χ1n) is 5.66. The van der Waals surface area contributed by atoms with E-state index in [9.17, 15) is 15.2 Å². The SMILES string of the molecule is O=[N+]([O-])c1nn(C2CCCCCC2O)cc1Br. The molecule has 6 nitrogen and oxygen atoms in total. The van der Waals surface area contributed by atoms with Crippen LogP contribution in [0.15, 0.2) is 10.7 Å². The fourth-order valence-electron chi connectivity index (χ4n) is 2.23. The Labute approximate surface area is 107 Å². The molecule has 17 heavy (non-hydrogen) atoms. The topological polar surface area (TPSA) is 81.2 Å². The maximum Gasteiger partial charge on any atom is 0.404 e. The monoisotopic (exact) mass is 303 g/mol. The van der Waals surface area contributed by atoms with E-state index in [0.717, 1.165) is 32.1 Å². The molecule has 2 atom stereocenters. The van der Waals surface area contributed by atoms with Gasteiger partial charge in [0.05, 0.1) is 23.4 Å². The molecule has 1 aliphatic rings. The zero-order valence-electron chi connectivity index (χ0n) is 9.25. The van der Waals surface area contributed by atoms with Crippen molar-refractivity contribution in [1.29, 1.82) is 0 Å². The van der Waals surface area contributed by atoms with Crippen molar-refractivity contribution in [2.75, 3.05) is 0 Å². The van der Waals surface area contributed by atoms with Gasteiger partial charge in [0.2, 0.25) is 0 Å². The van der Waals surface area contributed by atoms with Crippen LogP contribution in [0.25, 0.3) is 0 Å². The fourth-order valence-corrected chi connectivity index (χ4v) is 2.66. The van der Waals surface area contributed by atoms with Crippen LogP contribution in [0.3, 0.4) is 0 Å². The molecule has 0 amide bonds. The highest BCUT2D eigenvalue weighted by Crippen LogP contribution is 2.31. The van der Waals surface area contributed by atoms with Gasteiger partial charge in [0.25, 0.3) is 0 Å². The second-order valence-electron chi connectivity index (χ2n) is 4.31. The number of halogens is 1. The van der Waals surface area contributed by atoms with E-state index in [1.54, 1.807) is 6.20 Å². The molecule has 1 fully saturated rings. The van der Waals surface area contributed by atoms with Crippen molar-refractivity contribution in [2.24, 2.45) is 0 Å². The zero-order valence-corrected chi connectivity index (χ0v) is 10.8. The Kier molecular flexibility index (Phi) is 3.78. The molecule has 0 bridgehead atoms. The lowest BCUT2D eigenvalue weighted by molar-refractivity contribution is -0.390. The van der Waals surface area contributed by atoms with Crippen molar-refractivity contribution in [3.8, 4) is 0 Å². The van der Waals surface area contributed by atoms with E-state index in [1.165, 1.54) is 4.68 Å². The van der Waals surface area contributed by atoms with Crippen LogP contribution >= 0.6 is 15.9 Å². The molecule has 1 heterocycles. The smallest absolute Gasteiger partial charge is 0.391 e. The van der Waals surface area contributed by atoms with E-state index in [1.807, 2.05) is 0 Å². The molecule has 1 aromatic heterocycles. The number of hydrogen-bond acceptors (Lipinski definition) is 4. The average molecular weight is 304 g/mol. The number of hydrogen-bond donors (Lipinski definition) is 1. The number of rotatable bonds is 2. The summed E-state index contributed by atoms with van der Waals surface area (Å²) in [4.78, 5) is 10.2. The molecular weight excluding hydrogens is 290 g/mol. The molecule has 7 heteroatoms. The number of aliphatic hydroxyl groups is 1. The third kappa shape index (κ3) is 2.66. The van der Waals surface area contributed by atoms with Crippen molar-refractivity contribution in [3.05, 3.63) is 20.8 Å². The van der Waals surface area contributed by atoms with Crippen LogP contribution < -0.4 is 0 Å². The predicted molar refractivity (Wildman–Crippen MR) is 64.7 cm³/mol. The number of nitro groups is 1. The van der Waals surface area contributed by atoms with Crippen LogP contribution in [-0.2, 0) is 0 Å². The van der Waals surface area contributed by atoms with Crippen LogP contribution in [0.5, 0.6) is 0 Å². The Morgan fingerprint density at radius 3 is 2.82 bits per heavy atom. The summed E-state index contributed by atoms with van der Waals surface area (Å²) in [7, 11) is 0. The highest BCUT2D eigenvalue weighted by molar-refractivity contribution is 9.10. The van der Waals surface area contributed by atoms with Gasteiger partial charge in [-0.15, -0.1) is 0 Å². The molecule has 0 saturated heterocycles. The number of nitrogens with zero attached hydrogens (tertiary/aromatic N) is 3. The van der Waals surface area contributed by atoms with Crippen LogP contribution in [0.4, 0.5) is 5.82 Å². The Bertz CT molecular complexity index is 421. The van der Waals surface area contributed by atoms with E-state index < -0.39 is 11.0 Å². The molecule has 2 rings (SSSR count). The van der Waals surface area contributed by atoms with Crippen molar-refractivity contribution in [2.45, 2.75) is 44.2 Å². The minimum absolute atomic E-state index is 0.150. The Morgan fingerprint density at radius 2 is 2.18 bits per heavy atom. The van der Waals surface area contributed by atoms with Crippen molar-refractivity contribution < 1.29 is 10.0 Å². The predicted octanol–water partition coefficient (Wildman–Crippen LogP) is 2.42. The van der Waals surface area contributed by atoms with Crippen molar-refractivity contribution >= 4 is 21.7 Å². The summed E-state index contributed by atoms with van der Waals surface area (Å²) in [6, 6.07) is -0.150. The van der Waals surface area contributed by atoms with Gasteiger partial charge in [0.1, 0.15) is 4.47 Å². The highest BCUT2D eigenvalue weighted by Gasteiger charge is 2.29. The zero-order chi connectivity index (χ0) is 12.4. The Hall–Kier alpha value is -0.950. The molecule has 1 aromatic rings. The quantitative estimate of drug-likeness (QED) is 0.517. The lowest BCUT2D eigenvalue weighted by Crippen LogP contribution is -2.23. The fraction of sp³-hybridized carbons (Fsp3) is 0.700. The summed E-state index contributed by atoms with van der Waals surface area (Å²) in [5.41, 5.74) is 0. The van der Waals surface area contributed by atoms with Crippen LogP contribution in [0.2, 0.25) is 0 Å². The third-order valence-electron chi connectivity index (χ3n) is 3.13. The molecule has 0 aliphatic heterocycles. The lowest BCUT2D eigenvalue weighted by Gasteiger charge is -2.17. The molecule has 1 aliphatic carbocycles. The molecule has 1 saturated carbocycles. The highest BCUT2D eigenvalue weighted by atomic mass is 79.9. The van der Waals surface area contributed by atoms with E-state index >= 15 is 0 Å². The van der Waals surface area contributed by atoms with Gasteiger partial charge in [-0.1, -0.05) is 19.3 Å². The molecule has 0 spiro atoms. The summed E-state index contributed by atoms with van der Waals surface area (Å²) in [5, 5.41) is 24.6. The maximum absolute atomic E-state index is 10.7. The largest absolute Gasteiger partial charge is 0.404 e. The minimum Gasteiger partial charge on any atom is -0.391 e. The molecule has 94 valence electrons. The van der Waals surface area contributed by atoms with E-state index in [0.29, 0.717) is 4.47 Å². The molecule has 2 unspecified atom stereocenters. The standard InChI is InChI=1S/C10H14BrN3O3/c11-7-6-13(12-10(7)14(16)17)8-4-2-1-3-5-9(8)15/h6,8-9,15H,1-5H2. The van der Waals surface area contributed by atoms with Crippen LogP contribution in [-0.4, -0.2) is 25.9 Å². The van der Waals surface area contributed by atoms with Gasteiger partial charge in [-0.05, 0) is 33.7 Å². The number of aliphatic hydroxyl groups excluding tert-OH is 1. The van der Waals surface area contributed by atoms with E-state index in [-0.39, 0.29) is 11.9 Å². The average Bonchev–Trinajstić information content (AvgIpc) is 2.51. The van der Waals surface area contributed by atoms with Gasteiger partial charge in [0, 0.05) is 0 Å². The molecule has 0 aromatic carbocycles. The molecule has 1 N–H and O–H groups in total. The normalized spacial score (nSPS) is 25.5. The van der Waals surface area contributed by atoms with Crippen molar-refractivity contribution in [3.63, 3.8) is 0 Å². The van der Waals surface area contributed by atoms with E-state index in [4.69, 9.17) is 0 Å². The van der Waals surface area contributed by atoms with Crippen molar-refractivity contribution in [1.82, 2.24) is 9.78 Å². The lowest BCUT2D eigenvalue weighted by atomic mass is 10.1. The third-order valence-corrected chi connectivity index (χ3v) is 3.69. The van der Waals surface area contributed by atoms with Gasteiger partial charge in [-0.25, -0.2) is 0 Å². The van der Waals surface area contributed by atoms with Gasteiger partial charge >= 0.3 is 5.82 Å². The second-order valence-corrected chi connectivity index (χ2v) is 5.16. The van der Waals surface area contributed by atoms with Gasteiger partial charge < -0.3 is 15.2 Å². The van der Waals surface area contributed by atoms with Gasteiger partial charge in [-0.3, -0.25) is 0 Å². The first-order chi connectivity index (χ1) is 8.09. The van der Waals surface area contributed by atoms with E-state index in [2.05, 4.69) is 21.0 Å².